The number of carbonyl (C=O) groups is 2. The predicted molar refractivity (Wildman–Crippen MR) is 36.3 cm³/mol. The Balaban J connectivity index is -0.0000000389. The minimum Gasteiger partial charge on any atom is -0.550 e. The summed E-state index contributed by atoms with van der Waals surface area (Å²) in [5, 5.41) is 20.5. The second-order valence-corrected chi connectivity index (χ2v) is 1.48. The van der Waals surface area contributed by atoms with Gasteiger partial charge in [-0.15, -0.1) is 0 Å². The number of hydrogen-bond donors (Lipinski definition) is 1. The van der Waals surface area contributed by atoms with Gasteiger partial charge >= 0.3 is 21.1 Å². The second-order valence-electron chi connectivity index (χ2n) is 1.48. The van der Waals surface area contributed by atoms with Crippen molar-refractivity contribution in [2.45, 2.75) is 13.8 Å². The Morgan fingerprint density at radius 3 is 1.00 bits per heavy atom. The molecule has 76 valence electrons. The van der Waals surface area contributed by atoms with Gasteiger partial charge in [0, 0.05) is 11.9 Å². The molecule has 0 aromatic carbocycles. The molecular weight excluding hydrogens is 345 g/mol. The van der Waals surface area contributed by atoms with Gasteiger partial charge in [0.15, 0.2) is 0 Å². The summed E-state index contributed by atoms with van der Waals surface area (Å²) in [4.78, 5) is 17.8. The average molecular weight is 358 g/mol. The van der Waals surface area contributed by atoms with Crippen LogP contribution >= 0.6 is 0 Å². The van der Waals surface area contributed by atoms with Gasteiger partial charge in [0.1, 0.15) is 0 Å². The molecular formula is C6H13NO4Pt. The van der Waals surface area contributed by atoms with Gasteiger partial charge in [-0.2, -0.15) is 0 Å². The Hall–Kier alpha value is -0.412. The van der Waals surface area contributed by atoms with E-state index in [9.17, 15) is 0 Å². The van der Waals surface area contributed by atoms with Crippen molar-refractivity contribution in [3.8, 4) is 0 Å². The third-order valence-corrected chi connectivity index (χ3v) is 0. The molecule has 0 aromatic heterocycles. The van der Waals surface area contributed by atoms with E-state index in [0.717, 1.165) is 13.8 Å². The zero-order valence-electron chi connectivity index (χ0n) is 7.45. The van der Waals surface area contributed by atoms with E-state index in [2.05, 4.69) is 5.32 Å². The molecule has 0 rings (SSSR count). The van der Waals surface area contributed by atoms with E-state index < -0.39 is 11.9 Å². The van der Waals surface area contributed by atoms with E-state index in [-0.39, 0.29) is 21.1 Å². The predicted octanol–water partition coefficient (Wildman–Crippen LogP) is -2.65. The quantitative estimate of drug-likeness (QED) is 0.511. The number of carboxylic acids is 2. The number of carboxylic acid groups (broad SMARTS) is 2. The van der Waals surface area contributed by atoms with Crippen molar-refractivity contribution >= 4 is 11.9 Å². The molecule has 0 aliphatic rings. The van der Waals surface area contributed by atoms with E-state index in [1.54, 1.807) is 0 Å². The molecule has 0 aliphatic heterocycles. The number of aliphatic carboxylic acids is 2. The van der Waals surface area contributed by atoms with Gasteiger partial charge in [-0.1, -0.05) is 0 Å². The normalized spacial score (nSPS) is 5.67. The van der Waals surface area contributed by atoms with E-state index in [1.807, 2.05) is 14.1 Å². The first-order chi connectivity index (χ1) is 4.88. The maximum Gasteiger partial charge on any atom is 2.00 e. The van der Waals surface area contributed by atoms with Crippen LogP contribution in [-0.2, 0) is 30.7 Å². The summed E-state index contributed by atoms with van der Waals surface area (Å²) in [5.41, 5.74) is 0. The van der Waals surface area contributed by atoms with Gasteiger partial charge in [0.2, 0.25) is 0 Å². The van der Waals surface area contributed by atoms with Crippen LogP contribution in [0.3, 0.4) is 0 Å². The van der Waals surface area contributed by atoms with Crippen LogP contribution in [0, 0.1) is 0 Å². The smallest absolute Gasteiger partial charge is 0.550 e. The van der Waals surface area contributed by atoms with Crippen molar-refractivity contribution in [1.29, 1.82) is 0 Å². The molecule has 0 saturated heterocycles. The first kappa shape index (κ1) is 22.6. The van der Waals surface area contributed by atoms with Crippen molar-refractivity contribution < 1.29 is 40.9 Å². The average Bonchev–Trinajstić information content (AvgIpc) is 1.60. The Kier molecular flexibility index (Phi) is 42.2. The summed E-state index contributed by atoms with van der Waals surface area (Å²) < 4.78 is 0. The molecule has 0 fully saturated rings. The van der Waals surface area contributed by atoms with E-state index in [0.29, 0.717) is 0 Å². The summed E-state index contributed by atoms with van der Waals surface area (Å²) in [5.74, 6) is -2.17. The summed E-state index contributed by atoms with van der Waals surface area (Å²) in [6, 6.07) is 0. The van der Waals surface area contributed by atoms with Gasteiger partial charge in [-0.25, -0.2) is 0 Å². The van der Waals surface area contributed by atoms with Gasteiger partial charge < -0.3 is 25.1 Å². The molecule has 0 heterocycles. The maximum atomic E-state index is 8.89. The van der Waals surface area contributed by atoms with Crippen molar-refractivity contribution in [2.75, 3.05) is 14.1 Å². The fraction of sp³-hybridized carbons (Fsp3) is 0.667. The molecule has 1 N–H and O–H groups in total. The van der Waals surface area contributed by atoms with Gasteiger partial charge in [-0.05, 0) is 27.9 Å². The minimum absolute atomic E-state index is 0. The SMILES string of the molecule is CC(=O)[O-].CC(=O)[O-].CNC.[Pt+2]. The molecule has 0 aliphatic carbocycles. The summed E-state index contributed by atoms with van der Waals surface area (Å²) in [7, 11) is 3.75. The molecule has 0 atom stereocenters. The Bertz CT molecular complexity index is 87.7. The Morgan fingerprint density at radius 1 is 1.00 bits per heavy atom. The molecule has 0 bridgehead atoms. The maximum absolute atomic E-state index is 8.89. The molecule has 12 heavy (non-hydrogen) atoms. The minimum atomic E-state index is -1.08. The van der Waals surface area contributed by atoms with Gasteiger partial charge in [-0.3, -0.25) is 0 Å². The molecule has 6 heteroatoms. The molecule has 0 radical (unpaired) electrons. The third kappa shape index (κ3) is 4170. The number of nitrogens with one attached hydrogen (secondary N) is 1. The van der Waals surface area contributed by atoms with Gasteiger partial charge in [0.25, 0.3) is 0 Å². The van der Waals surface area contributed by atoms with Crippen LogP contribution in [0.1, 0.15) is 13.8 Å². The molecule has 5 nitrogen and oxygen atoms in total. The third-order valence-electron chi connectivity index (χ3n) is 0. The number of carbonyl (C=O) groups excluding carboxylic acids is 2. The number of rotatable bonds is 0. The standard InChI is InChI=1S/C2H7N.2C2H4O2.Pt/c1-3-2;2*1-2(3)4;/h3H,1-2H3;2*1H3,(H,3,4);/q;;;+2/p-2. The number of hydrogen-bond acceptors (Lipinski definition) is 5. The zero-order chi connectivity index (χ0) is 9.86. The topological polar surface area (TPSA) is 92.3 Å². The van der Waals surface area contributed by atoms with Crippen LogP contribution < -0.4 is 15.5 Å². The first-order valence-electron chi connectivity index (χ1n) is 2.82. The zero-order valence-corrected chi connectivity index (χ0v) is 9.72. The second kappa shape index (κ2) is 22.4. The summed E-state index contributed by atoms with van der Waals surface area (Å²) in [6.45, 7) is 1.94. The fourth-order valence-electron chi connectivity index (χ4n) is 0. The van der Waals surface area contributed by atoms with Crippen LogP contribution in [-0.4, -0.2) is 26.0 Å². The van der Waals surface area contributed by atoms with E-state index in [4.69, 9.17) is 19.8 Å². The van der Waals surface area contributed by atoms with Crippen molar-refractivity contribution in [1.82, 2.24) is 5.32 Å². The van der Waals surface area contributed by atoms with E-state index >= 15 is 0 Å². The summed E-state index contributed by atoms with van der Waals surface area (Å²) >= 11 is 0. The van der Waals surface area contributed by atoms with Crippen LogP contribution in [0.25, 0.3) is 0 Å². The van der Waals surface area contributed by atoms with Crippen LogP contribution in [0.2, 0.25) is 0 Å². The first-order valence-corrected chi connectivity index (χ1v) is 2.82. The fourth-order valence-corrected chi connectivity index (χ4v) is 0. The Morgan fingerprint density at radius 2 is 1.00 bits per heavy atom. The van der Waals surface area contributed by atoms with Crippen molar-refractivity contribution in [3.63, 3.8) is 0 Å². The molecule has 0 aromatic rings. The largest absolute Gasteiger partial charge is 2.00 e. The molecule has 0 spiro atoms. The van der Waals surface area contributed by atoms with Crippen LogP contribution in [0.4, 0.5) is 0 Å². The van der Waals surface area contributed by atoms with Crippen LogP contribution in [0.15, 0.2) is 0 Å². The van der Waals surface area contributed by atoms with Gasteiger partial charge in [0.05, 0.1) is 0 Å². The van der Waals surface area contributed by atoms with E-state index in [1.165, 1.54) is 0 Å². The molecule has 0 saturated carbocycles. The van der Waals surface area contributed by atoms with Crippen molar-refractivity contribution in [3.05, 3.63) is 0 Å². The summed E-state index contributed by atoms with van der Waals surface area (Å²) in [6.07, 6.45) is 0. The molecule has 0 unspecified atom stereocenters. The molecule has 0 amide bonds. The van der Waals surface area contributed by atoms with Crippen molar-refractivity contribution in [2.24, 2.45) is 0 Å². The monoisotopic (exact) mass is 358 g/mol. The Labute approximate surface area is 86.4 Å². The van der Waals surface area contributed by atoms with Crippen LogP contribution in [0.5, 0.6) is 0 Å².